The summed E-state index contributed by atoms with van der Waals surface area (Å²) in [7, 11) is 0. The van der Waals surface area contributed by atoms with E-state index in [0.717, 1.165) is 95.3 Å². The summed E-state index contributed by atoms with van der Waals surface area (Å²) in [6, 6.07) is 0. The fourth-order valence-corrected chi connectivity index (χ4v) is 17.9. The van der Waals surface area contributed by atoms with E-state index in [-0.39, 0.29) is 93.8 Å². The van der Waals surface area contributed by atoms with Gasteiger partial charge in [-0.25, -0.2) is 0 Å². The van der Waals surface area contributed by atoms with Crippen molar-refractivity contribution < 1.29 is 64.5 Å². The summed E-state index contributed by atoms with van der Waals surface area (Å²) in [6.45, 7) is 26.7. The molecule has 0 radical (unpaired) electrons. The van der Waals surface area contributed by atoms with Crippen LogP contribution >= 0.6 is 0 Å². The molecule has 9 unspecified atom stereocenters. The summed E-state index contributed by atoms with van der Waals surface area (Å²) >= 11 is 0. The van der Waals surface area contributed by atoms with Crippen molar-refractivity contribution in [1.82, 2.24) is 0 Å². The van der Waals surface area contributed by atoms with Crippen LogP contribution < -0.4 is 0 Å². The number of halogens is 6. The second-order valence-corrected chi connectivity index (χ2v) is 30.7. The molecule has 0 heterocycles. The average molecular weight is 1190 g/mol. The molecular weight excluding hydrogens is 1070 g/mol. The molecule has 12 rings (SSSR count). The van der Waals surface area contributed by atoms with Gasteiger partial charge in [-0.3, -0.25) is 19.2 Å². The Morgan fingerprint density at radius 1 is 0.434 bits per heavy atom. The van der Waals surface area contributed by atoms with Gasteiger partial charge in [0.2, 0.25) is 0 Å². The van der Waals surface area contributed by atoms with E-state index in [2.05, 4.69) is 27.7 Å². The van der Waals surface area contributed by atoms with Crippen LogP contribution in [0.15, 0.2) is 0 Å². The highest BCUT2D eigenvalue weighted by atomic mass is 19.4. The lowest BCUT2D eigenvalue weighted by Gasteiger charge is -2.61. The van der Waals surface area contributed by atoms with Crippen molar-refractivity contribution in [2.24, 2.45) is 92.2 Å². The molecule has 12 aliphatic rings. The quantitative estimate of drug-likeness (QED) is 0.0962. The van der Waals surface area contributed by atoms with Crippen LogP contribution in [0.1, 0.15) is 288 Å². The van der Waals surface area contributed by atoms with E-state index < -0.39 is 46.3 Å². The molecule has 12 fully saturated rings. The molecule has 12 bridgehead atoms. The smallest absolute Gasteiger partial charge is 0.404 e. The fourth-order valence-electron chi connectivity index (χ4n) is 17.9. The Morgan fingerprint density at radius 2 is 0.747 bits per heavy atom. The van der Waals surface area contributed by atoms with E-state index in [0.29, 0.717) is 36.0 Å². The molecular formula is C69H120F6O8. The normalized spacial score (nSPS) is 36.6. The zero-order chi connectivity index (χ0) is 59.0. The van der Waals surface area contributed by atoms with Gasteiger partial charge in [0.05, 0.1) is 11.3 Å². The predicted octanol–water partition coefficient (Wildman–Crippen LogP) is 20.2. The molecule has 0 aromatic carbocycles. The van der Waals surface area contributed by atoms with Crippen LogP contribution in [0.3, 0.4) is 0 Å². The molecule has 8 nitrogen and oxygen atoms in total. The maximum absolute atomic E-state index is 13.4. The molecule has 12 aliphatic carbocycles. The first-order valence-electron chi connectivity index (χ1n) is 31.3. The van der Waals surface area contributed by atoms with Crippen LogP contribution in [0.5, 0.6) is 0 Å². The Hall–Kier alpha value is -2.54. The van der Waals surface area contributed by atoms with Gasteiger partial charge in [0.15, 0.2) is 10.8 Å². The second-order valence-electron chi connectivity index (χ2n) is 30.7. The third-order valence-electron chi connectivity index (χ3n) is 24.2. The van der Waals surface area contributed by atoms with E-state index >= 15 is 0 Å². The Balaban J connectivity index is 0.000000288. The summed E-state index contributed by atoms with van der Waals surface area (Å²) in [4.78, 5) is 48.9. The fraction of sp³-hybridized carbons (Fsp3) is 0.942. The minimum atomic E-state index is -4.59. The first kappa shape index (κ1) is 74.7. The molecule has 0 spiro atoms. The van der Waals surface area contributed by atoms with Gasteiger partial charge in [-0.1, -0.05) is 64.3 Å². The molecule has 0 aromatic rings. The monoisotopic (exact) mass is 1190 g/mol. The number of rotatable bonds is 14. The molecule has 14 heteroatoms. The highest BCUT2D eigenvalue weighted by Gasteiger charge is 2.64. The van der Waals surface area contributed by atoms with Crippen molar-refractivity contribution in [3.8, 4) is 0 Å². The van der Waals surface area contributed by atoms with Gasteiger partial charge in [-0.15, -0.1) is 0 Å². The molecule has 0 aliphatic heterocycles. The molecule has 0 N–H and O–H groups in total. The minimum Gasteiger partial charge on any atom is -0.459 e. The molecule has 0 saturated heterocycles. The summed E-state index contributed by atoms with van der Waals surface area (Å²) in [5.74, 6) is 4.68. The lowest BCUT2D eigenvalue weighted by Crippen LogP contribution is -2.58. The first-order valence-corrected chi connectivity index (χ1v) is 31.3. The zero-order valence-corrected chi connectivity index (χ0v) is 51.4. The number of carbonyl (C=O) groups is 4. The highest BCUT2D eigenvalue weighted by molar-refractivity contribution is 5.78. The van der Waals surface area contributed by atoms with Crippen molar-refractivity contribution >= 4 is 23.9 Å². The Bertz CT molecular complexity index is 2130. The first-order chi connectivity index (χ1) is 36.3. The molecule has 83 heavy (non-hydrogen) atoms. The van der Waals surface area contributed by atoms with E-state index in [4.69, 9.17) is 18.9 Å². The van der Waals surface area contributed by atoms with Crippen LogP contribution in [0.4, 0.5) is 26.3 Å². The van der Waals surface area contributed by atoms with Gasteiger partial charge in [0.1, 0.15) is 22.4 Å². The Labute approximate surface area is 501 Å². The van der Waals surface area contributed by atoms with Gasteiger partial charge in [-0.2, -0.15) is 26.3 Å². The SMILES string of the molecule is C.C.C.C.CCC(C)(C(=O)OC(C)(C)C12CC3CC(CC(C3)C1)C2)C(F)(F)F.CCC(C)(C(=O)OC1(C)CC2CCC1C2)C(F)(F)F.CCC(C)(C)C(=O)OC1(C)CC2CCC1C2.CCC(C)C(=O)OC(C)(C)C12CC3CC(CC(C3)C1)C2. The standard InChI is InChI=1S/C19H29F3O2.C18H30O2.C14H21F3O2.C14H24O2.4CH4/c1-5-17(4,19(20,21)22)15(23)24-16(2,3)18-9-12-6-13(10-18)8-14(7-12)11-18;1-5-12(2)16(19)20-17(3,4)18-9-13-6-14(10-18)8-15(7-13)11-18;1-4-12(2,14(15,16)17)11(18)19-13(3)8-9-5-6-10(13)7-9;1-5-13(2,3)12(15)16-14(4)9-10-6-7-11(14)8-10;;;;/h12-14H,5-11H2,1-4H3;12-15H,5-11H2,1-4H3;9-10H,4-8H2,1-3H3;10-11H,5-9H2,1-4H3;4*1H4. The van der Waals surface area contributed by atoms with E-state index in [1.165, 1.54) is 90.9 Å². The third kappa shape index (κ3) is 14.6. The number of hydrogen-bond donors (Lipinski definition) is 0. The van der Waals surface area contributed by atoms with Crippen molar-refractivity contribution in [3.05, 3.63) is 0 Å². The molecule has 486 valence electrons. The van der Waals surface area contributed by atoms with Gasteiger partial charge in [0.25, 0.3) is 0 Å². The summed E-state index contributed by atoms with van der Waals surface area (Å²) in [6.07, 6.45) is 15.6. The number of esters is 4. The molecule has 0 aromatic heterocycles. The van der Waals surface area contributed by atoms with Crippen LogP contribution in [0.2, 0.25) is 0 Å². The molecule has 0 amide bonds. The maximum atomic E-state index is 13.4. The molecule has 9 atom stereocenters. The van der Waals surface area contributed by atoms with Gasteiger partial charge in [0, 0.05) is 10.8 Å². The lowest BCUT2D eigenvalue weighted by molar-refractivity contribution is -0.249. The zero-order valence-electron chi connectivity index (χ0n) is 51.4. The largest absolute Gasteiger partial charge is 0.459 e. The van der Waals surface area contributed by atoms with E-state index in [1.54, 1.807) is 6.92 Å². The van der Waals surface area contributed by atoms with Crippen molar-refractivity contribution in [2.45, 2.75) is 322 Å². The highest BCUT2D eigenvalue weighted by Crippen LogP contribution is 2.66. The van der Waals surface area contributed by atoms with Gasteiger partial charge < -0.3 is 18.9 Å². The van der Waals surface area contributed by atoms with Gasteiger partial charge in [-0.05, 0) is 283 Å². The number of fused-ring (bicyclic) bond motifs is 4. The number of alkyl halides is 6. The number of carbonyl (C=O) groups excluding carboxylic acids is 4. The minimum absolute atomic E-state index is 0. The summed E-state index contributed by atoms with van der Waals surface area (Å²) < 4.78 is 102. The Kier molecular flexibility index (Phi) is 23.6. The number of ether oxygens (including phenoxy) is 4. The number of hydrogen-bond acceptors (Lipinski definition) is 8. The molecule has 12 saturated carbocycles. The maximum Gasteiger partial charge on any atom is 0.404 e. The predicted molar refractivity (Wildman–Crippen MR) is 321 cm³/mol. The van der Waals surface area contributed by atoms with Crippen LogP contribution in [0, 0.1) is 92.2 Å². The third-order valence-corrected chi connectivity index (χ3v) is 24.2. The van der Waals surface area contributed by atoms with Crippen molar-refractivity contribution in [1.29, 1.82) is 0 Å². The van der Waals surface area contributed by atoms with Crippen LogP contribution in [0.25, 0.3) is 0 Å². The Morgan fingerprint density at radius 3 is 1.01 bits per heavy atom. The van der Waals surface area contributed by atoms with Gasteiger partial charge >= 0.3 is 36.2 Å². The van der Waals surface area contributed by atoms with Crippen molar-refractivity contribution in [3.63, 3.8) is 0 Å². The lowest BCUT2D eigenvalue weighted by atomic mass is 9.46. The average Bonchev–Trinajstić information content (AvgIpc) is 3.86. The van der Waals surface area contributed by atoms with E-state index in [9.17, 15) is 45.5 Å². The second kappa shape index (κ2) is 26.3. The van der Waals surface area contributed by atoms with Crippen LogP contribution in [-0.4, -0.2) is 58.6 Å². The van der Waals surface area contributed by atoms with Crippen LogP contribution in [-0.2, 0) is 38.1 Å². The van der Waals surface area contributed by atoms with Crippen molar-refractivity contribution in [2.75, 3.05) is 0 Å². The van der Waals surface area contributed by atoms with E-state index in [1.807, 2.05) is 41.5 Å². The summed E-state index contributed by atoms with van der Waals surface area (Å²) in [5.41, 5.74) is -7.00. The topological polar surface area (TPSA) is 105 Å². The summed E-state index contributed by atoms with van der Waals surface area (Å²) in [5, 5.41) is 0.